The number of halogens is 5. The Morgan fingerprint density at radius 3 is 2.14 bits per heavy atom. The molecule has 36 heavy (non-hydrogen) atoms. The van der Waals surface area contributed by atoms with E-state index in [1.165, 1.54) is 0 Å². The second-order valence-electron chi connectivity index (χ2n) is 12.2. The molecule has 2 nitrogen and oxygen atoms in total. The SMILES string of the molecule is CC(=O)[C@H]1CC[C@H]2[C@@H]3CC[C@@H]4C[C@H](O)CC(C#Cc5c(F)c(F)c(F)c(F)c5F)[C@]4(C)[C@H]3CC[C@]12C. The Labute approximate surface area is 209 Å². The van der Waals surface area contributed by atoms with Crippen LogP contribution in [0.4, 0.5) is 22.0 Å². The molecule has 0 amide bonds. The van der Waals surface area contributed by atoms with Crippen LogP contribution in [0.2, 0.25) is 0 Å². The number of carbonyl (C=O) groups is 1. The summed E-state index contributed by atoms with van der Waals surface area (Å²) in [6.45, 7) is 6.10. The van der Waals surface area contributed by atoms with Crippen LogP contribution >= 0.6 is 0 Å². The molecule has 1 aromatic rings. The van der Waals surface area contributed by atoms with Gasteiger partial charge in [0.15, 0.2) is 23.3 Å². The van der Waals surface area contributed by atoms with Gasteiger partial charge in [-0.3, -0.25) is 4.79 Å². The van der Waals surface area contributed by atoms with Gasteiger partial charge in [0.25, 0.3) is 0 Å². The number of carbonyl (C=O) groups excluding carboxylic acids is 1. The average Bonchev–Trinajstić information content (AvgIpc) is 3.19. The second kappa shape index (κ2) is 8.82. The summed E-state index contributed by atoms with van der Waals surface area (Å²) in [5, 5.41) is 10.6. The van der Waals surface area contributed by atoms with Crippen LogP contribution in [-0.2, 0) is 4.79 Å². The molecule has 1 unspecified atom stereocenters. The van der Waals surface area contributed by atoms with Crippen molar-refractivity contribution in [2.24, 2.45) is 46.3 Å². The molecule has 196 valence electrons. The Morgan fingerprint density at radius 2 is 1.50 bits per heavy atom. The fourth-order valence-electron chi connectivity index (χ4n) is 9.09. The smallest absolute Gasteiger partial charge is 0.200 e. The van der Waals surface area contributed by atoms with Gasteiger partial charge in [-0.15, -0.1) is 0 Å². The third-order valence-electron chi connectivity index (χ3n) is 10.9. The number of Topliss-reactive ketones (excluding diaryl/α,β-unsaturated/α-hetero) is 1. The van der Waals surface area contributed by atoms with Gasteiger partial charge < -0.3 is 5.11 Å². The zero-order valence-electron chi connectivity index (χ0n) is 20.9. The first-order chi connectivity index (χ1) is 16.9. The first-order valence-corrected chi connectivity index (χ1v) is 13.1. The van der Waals surface area contributed by atoms with Crippen LogP contribution in [0.25, 0.3) is 0 Å². The van der Waals surface area contributed by atoms with Gasteiger partial charge in [0.2, 0.25) is 5.82 Å². The molecule has 1 N–H and O–H groups in total. The van der Waals surface area contributed by atoms with E-state index < -0.39 is 46.7 Å². The van der Waals surface area contributed by atoms with E-state index in [-0.39, 0.29) is 34.4 Å². The van der Waals surface area contributed by atoms with Crippen LogP contribution in [0.1, 0.15) is 77.7 Å². The number of rotatable bonds is 1. The monoisotopic (exact) mass is 508 g/mol. The van der Waals surface area contributed by atoms with Gasteiger partial charge in [0.05, 0.1) is 6.10 Å². The van der Waals surface area contributed by atoms with Gasteiger partial charge in [-0.25, -0.2) is 22.0 Å². The highest BCUT2D eigenvalue weighted by molar-refractivity contribution is 5.79. The molecule has 4 aliphatic rings. The Morgan fingerprint density at radius 1 is 0.861 bits per heavy atom. The van der Waals surface area contributed by atoms with Crippen molar-refractivity contribution >= 4 is 5.78 Å². The Balaban J connectivity index is 1.53. The highest BCUT2D eigenvalue weighted by Crippen LogP contribution is 2.68. The van der Waals surface area contributed by atoms with Gasteiger partial charge in [-0.05, 0) is 92.8 Å². The third-order valence-corrected chi connectivity index (χ3v) is 10.9. The molecular weight excluding hydrogens is 475 g/mol. The number of hydrogen-bond donors (Lipinski definition) is 1. The number of ketones is 1. The maximum atomic E-state index is 14.3. The van der Waals surface area contributed by atoms with E-state index in [0.29, 0.717) is 24.7 Å². The Kier molecular flexibility index (Phi) is 6.30. The molecular formula is C29H33F5O2. The molecule has 0 aliphatic heterocycles. The van der Waals surface area contributed by atoms with Crippen LogP contribution in [0, 0.1) is 87.3 Å². The maximum Gasteiger partial charge on any atom is 0.200 e. The van der Waals surface area contributed by atoms with Crippen LogP contribution in [0.3, 0.4) is 0 Å². The quantitative estimate of drug-likeness (QED) is 0.202. The van der Waals surface area contributed by atoms with Crippen LogP contribution < -0.4 is 0 Å². The molecule has 0 bridgehead atoms. The summed E-state index contributed by atoms with van der Waals surface area (Å²) < 4.78 is 69.6. The van der Waals surface area contributed by atoms with Gasteiger partial charge in [0, 0.05) is 11.8 Å². The lowest BCUT2D eigenvalue weighted by molar-refractivity contribution is -0.148. The second-order valence-corrected chi connectivity index (χ2v) is 12.2. The summed E-state index contributed by atoms with van der Waals surface area (Å²) in [7, 11) is 0. The van der Waals surface area contributed by atoms with Gasteiger partial charge in [-0.2, -0.15) is 0 Å². The standard InChI is InChI=1S/C29H33F5O2/c1-14(35)20-8-9-21-18-6-4-15-12-17(36)13-16(29(15,3)22(18)10-11-28(20,21)2)5-7-19-23(30)25(32)27(34)26(33)24(19)31/h15-18,20-22,36H,4,6,8-13H2,1-3H3/t15-,16?,17+,18+,20-,21+,22+,28-,29-/m1/s1. The fourth-order valence-corrected chi connectivity index (χ4v) is 9.09. The number of aliphatic hydroxyl groups is 1. The van der Waals surface area contributed by atoms with E-state index in [2.05, 4.69) is 25.7 Å². The molecule has 1 aromatic carbocycles. The highest BCUT2D eigenvalue weighted by atomic mass is 19.2. The summed E-state index contributed by atoms with van der Waals surface area (Å²) in [6, 6.07) is 0. The number of fused-ring (bicyclic) bond motifs is 5. The summed E-state index contributed by atoms with van der Waals surface area (Å²) in [5.74, 6) is -3.73. The van der Waals surface area contributed by atoms with Crippen molar-refractivity contribution in [2.45, 2.75) is 78.2 Å². The minimum Gasteiger partial charge on any atom is -0.393 e. The Hall–Kier alpha value is -1.94. The normalized spacial score (nSPS) is 41.5. The Bertz CT molecular complexity index is 1130. The zero-order valence-corrected chi connectivity index (χ0v) is 20.9. The van der Waals surface area contributed by atoms with Gasteiger partial charge in [-0.1, -0.05) is 25.7 Å². The summed E-state index contributed by atoms with van der Waals surface area (Å²) in [6.07, 6.45) is 5.95. The van der Waals surface area contributed by atoms with E-state index >= 15 is 0 Å². The highest BCUT2D eigenvalue weighted by Gasteiger charge is 2.62. The van der Waals surface area contributed by atoms with E-state index in [1.807, 2.05) is 0 Å². The molecule has 9 atom stereocenters. The summed E-state index contributed by atoms with van der Waals surface area (Å²) >= 11 is 0. The first-order valence-electron chi connectivity index (χ1n) is 13.1. The van der Waals surface area contributed by atoms with Crippen LogP contribution in [0.15, 0.2) is 0 Å². The third kappa shape index (κ3) is 3.57. The van der Waals surface area contributed by atoms with Crippen molar-refractivity contribution in [3.63, 3.8) is 0 Å². The van der Waals surface area contributed by atoms with Crippen LogP contribution in [-0.4, -0.2) is 17.0 Å². The molecule has 0 spiro atoms. The number of hydrogen-bond acceptors (Lipinski definition) is 2. The molecule has 4 fully saturated rings. The van der Waals surface area contributed by atoms with E-state index in [1.54, 1.807) is 6.92 Å². The molecule has 0 saturated heterocycles. The predicted octanol–water partition coefficient (Wildman–Crippen LogP) is 6.57. The fraction of sp³-hybridized carbons (Fsp3) is 0.690. The minimum atomic E-state index is -2.20. The summed E-state index contributed by atoms with van der Waals surface area (Å²) in [4.78, 5) is 12.4. The molecule has 7 heteroatoms. The van der Waals surface area contributed by atoms with E-state index in [9.17, 15) is 31.9 Å². The maximum absolute atomic E-state index is 14.3. The number of benzene rings is 1. The van der Waals surface area contributed by atoms with Crippen molar-refractivity contribution < 1.29 is 31.9 Å². The van der Waals surface area contributed by atoms with E-state index in [0.717, 1.165) is 38.5 Å². The van der Waals surface area contributed by atoms with E-state index in [4.69, 9.17) is 0 Å². The van der Waals surface area contributed by atoms with Gasteiger partial charge in [0.1, 0.15) is 11.3 Å². The molecule has 0 aromatic heterocycles. The predicted molar refractivity (Wildman–Crippen MR) is 124 cm³/mol. The zero-order chi connectivity index (χ0) is 26.2. The largest absolute Gasteiger partial charge is 0.393 e. The lowest BCUT2D eigenvalue weighted by Gasteiger charge is -2.62. The first kappa shape index (κ1) is 25.7. The molecule has 4 aliphatic carbocycles. The van der Waals surface area contributed by atoms with Gasteiger partial charge >= 0.3 is 0 Å². The molecule has 0 heterocycles. The topological polar surface area (TPSA) is 37.3 Å². The average molecular weight is 509 g/mol. The van der Waals surface area contributed by atoms with Crippen molar-refractivity contribution in [3.8, 4) is 11.8 Å². The lowest BCUT2D eigenvalue weighted by Crippen LogP contribution is -2.57. The van der Waals surface area contributed by atoms with Crippen molar-refractivity contribution in [2.75, 3.05) is 0 Å². The molecule has 5 rings (SSSR count). The summed E-state index contributed by atoms with van der Waals surface area (Å²) in [5.41, 5.74) is -1.49. The lowest BCUT2D eigenvalue weighted by atomic mass is 9.42. The number of aliphatic hydroxyl groups excluding tert-OH is 1. The van der Waals surface area contributed by atoms with Crippen molar-refractivity contribution in [3.05, 3.63) is 34.6 Å². The van der Waals surface area contributed by atoms with Crippen LogP contribution in [0.5, 0.6) is 0 Å². The molecule has 4 saturated carbocycles. The molecule has 0 radical (unpaired) electrons. The minimum absolute atomic E-state index is 0.0268. The van der Waals surface area contributed by atoms with Crippen molar-refractivity contribution in [1.82, 2.24) is 0 Å². The van der Waals surface area contributed by atoms with Crippen molar-refractivity contribution in [1.29, 1.82) is 0 Å².